The summed E-state index contributed by atoms with van der Waals surface area (Å²) < 4.78 is 39.9. The van der Waals surface area contributed by atoms with E-state index >= 15 is 0 Å². The van der Waals surface area contributed by atoms with Gasteiger partial charge in [-0.15, -0.1) is 0 Å². The molecule has 1 amide bonds. The number of ether oxygens (including phenoxy) is 2. The molecule has 0 fully saturated rings. The number of rotatable bonds is 14. The Balaban J connectivity index is 1.52. The third-order valence-corrected chi connectivity index (χ3v) is 10.3. The van der Waals surface area contributed by atoms with Gasteiger partial charge in [0.2, 0.25) is 5.90 Å². The fourth-order valence-electron chi connectivity index (χ4n) is 5.24. The van der Waals surface area contributed by atoms with Crippen LogP contribution in [0.2, 0.25) is 5.02 Å². The number of hydrogen-bond acceptors (Lipinski definition) is 7. The first kappa shape index (κ1) is 33.7. The van der Waals surface area contributed by atoms with E-state index in [9.17, 15) is 13.2 Å². The van der Waals surface area contributed by atoms with Crippen molar-refractivity contribution in [2.75, 3.05) is 25.5 Å². The molecular weight excluding hydrogens is 692 g/mol. The summed E-state index contributed by atoms with van der Waals surface area (Å²) in [6.07, 6.45) is -0.0489. The Morgan fingerprint density at radius 3 is 2.46 bits per heavy atom. The normalized spacial score (nSPS) is 17.6. The number of sulfone groups is 1. The summed E-state index contributed by atoms with van der Waals surface area (Å²) in [5.74, 6) is 0.0386. The smallest absolute Gasteiger partial charge is 0.252 e. The summed E-state index contributed by atoms with van der Waals surface area (Å²) >= 11 is 9.78. The molecule has 0 bridgehead atoms. The van der Waals surface area contributed by atoms with Crippen LogP contribution in [0.15, 0.2) is 117 Å². The van der Waals surface area contributed by atoms with E-state index in [0.717, 1.165) is 5.56 Å². The van der Waals surface area contributed by atoms with Gasteiger partial charge in [0.05, 0.1) is 17.3 Å². The molecular formula is C35H34BrClN2O6S. The van der Waals surface area contributed by atoms with Crippen LogP contribution in [0.25, 0.3) is 0 Å². The Hall–Kier alpha value is -3.70. The van der Waals surface area contributed by atoms with Gasteiger partial charge in [0.1, 0.15) is 5.75 Å². The summed E-state index contributed by atoms with van der Waals surface area (Å²) in [5.41, 5.74) is 0.591. The first-order valence-corrected chi connectivity index (χ1v) is 17.7. The number of aliphatic hydroxyl groups excluding tert-OH is 1. The lowest BCUT2D eigenvalue weighted by Crippen LogP contribution is -2.49. The van der Waals surface area contributed by atoms with Crippen LogP contribution in [0.5, 0.6) is 5.75 Å². The molecule has 4 aromatic rings. The van der Waals surface area contributed by atoms with Crippen molar-refractivity contribution in [2.24, 2.45) is 4.99 Å². The number of nitrogens with zero attached hydrogens (tertiary/aromatic N) is 1. The fraction of sp³-hybridized carbons (Fsp3) is 0.257. The van der Waals surface area contributed by atoms with Crippen LogP contribution < -0.4 is 10.1 Å². The van der Waals surface area contributed by atoms with Crippen molar-refractivity contribution < 1.29 is 27.8 Å². The summed E-state index contributed by atoms with van der Waals surface area (Å²) in [6, 6.07) is 30.0. The van der Waals surface area contributed by atoms with Crippen molar-refractivity contribution in [1.29, 1.82) is 0 Å². The molecule has 0 aliphatic carbocycles. The summed E-state index contributed by atoms with van der Waals surface area (Å²) in [6.45, 7) is 0.675. The van der Waals surface area contributed by atoms with Gasteiger partial charge in [-0.05, 0) is 66.6 Å². The van der Waals surface area contributed by atoms with E-state index in [1.807, 2.05) is 42.5 Å². The molecule has 1 aliphatic heterocycles. The van der Waals surface area contributed by atoms with Gasteiger partial charge in [0.15, 0.2) is 21.5 Å². The van der Waals surface area contributed by atoms with Gasteiger partial charge in [-0.25, -0.2) is 13.4 Å². The van der Waals surface area contributed by atoms with Crippen LogP contribution in [0.4, 0.5) is 0 Å². The number of hydrogen-bond donors (Lipinski definition) is 2. The molecule has 1 heterocycles. The molecule has 0 saturated heterocycles. The van der Waals surface area contributed by atoms with E-state index in [1.54, 1.807) is 60.7 Å². The van der Waals surface area contributed by atoms with Gasteiger partial charge in [0, 0.05) is 46.6 Å². The second-order valence-electron chi connectivity index (χ2n) is 10.8. The van der Waals surface area contributed by atoms with Gasteiger partial charge in [0.25, 0.3) is 5.91 Å². The molecule has 240 valence electrons. The highest BCUT2D eigenvalue weighted by Gasteiger charge is 2.54. The van der Waals surface area contributed by atoms with Crippen molar-refractivity contribution in [1.82, 2.24) is 5.32 Å². The van der Waals surface area contributed by atoms with Crippen LogP contribution in [0.3, 0.4) is 0 Å². The predicted molar refractivity (Wildman–Crippen MR) is 182 cm³/mol. The molecule has 11 heteroatoms. The second kappa shape index (κ2) is 15.3. The van der Waals surface area contributed by atoms with E-state index in [0.29, 0.717) is 45.8 Å². The predicted octanol–water partition coefficient (Wildman–Crippen LogP) is 6.34. The Morgan fingerprint density at radius 1 is 1.00 bits per heavy atom. The minimum absolute atomic E-state index is 0.0302. The van der Waals surface area contributed by atoms with E-state index in [4.69, 9.17) is 31.2 Å². The van der Waals surface area contributed by atoms with Crippen molar-refractivity contribution >= 4 is 49.2 Å². The highest BCUT2D eigenvalue weighted by molar-refractivity contribution is 9.10. The molecule has 8 nitrogen and oxygen atoms in total. The molecule has 4 aromatic carbocycles. The molecule has 2 N–H and O–H groups in total. The topological polar surface area (TPSA) is 114 Å². The van der Waals surface area contributed by atoms with Crippen molar-refractivity contribution in [3.63, 3.8) is 0 Å². The minimum Gasteiger partial charge on any atom is -0.494 e. The molecule has 5 rings (SSSR count). The van der Waals surface area contributed by atoms with Gasteiger partial charge in [-0.2, -0.15) is 0 Å². The summed E-state index contributed by atoms with van der Waals surface area (Å²) in [4.78, 5) is 19.5. The average Bonchev–Trinajstić information content (AvgIpc) is 3.46. The van der Waals surface area contributed by atoms with E-state index < -0.39 is 27.4 Å². The van der Waals surface area contributed by atoms with Gasteiger partial charge in [-0.1, -0.05) is 76.1 Å². The molecule has 46 heavy (non-hydrogen) atoms. The molecule has 1 aliphatic rings. The number of halogens is 2. The van der Waals surface area contributed by atoms with Crippen molar-refractivity contribution in [3.8, 4) is 5.75 Å². The number of amides is 1. The maximum atomic E-state index is 14.4. The Labute approximate surface area is 282 Å². The van der Waals surface area contributed by atoms with E-state index in [-0.39, 0.29) is 36.1 Å². The number of benzene rings is 4. The zero-order valence-electron chi connectivity index (χ0n) is 24.9. The molecule has 0 saturated carbocycles. The average molecular weight is 726 g/mol. The zero-order valence-corrected chi connectivity index (χ0v) is 28.1. The highest BCUT2D eigenvalue weighted by atomic mass is 79.9. The second-order valence-corrected chi connectivity index (χ2v) is 14.2. The zero-order chi connectivity index (χ0) is 32.6. The largest absolute Gasteiger partial charge is 0.494 e. The first-order valence-electron chi connectivity index (χ1n) is 14.9. The van der Waals surface area contributed by atoms with Gasteiger partial charge < -0.3 is 19.9 Å². The molecule has 0 aromatic heterocycles. The summed E-state index contributed by atoms with van der Waals surface area (Å²) in [5, 5.41) is 12.7. The van der Waals surface area contributed by atoms with Crippen LogP contribution in [0.1, 0.15) is 35.6 Å². The standard InChI is InChI=1S/C35H34BrClN2O6S/c36-31-13-5-4-12-30(31)32-35(19-23-46(42,43)29-10-2-1-3-11-29,34(41)38-20-18-25-8-6-9-27(37)24-25)39-33(45-32)26-14-16-28(17-15-26)44-22-7-21-40/h1-6,8-17,24,32,40H,7,18-23H2,(H,38,41)/t32-,35-/m1/s1. The number of nitrogens with one attached hydrogen (secondary N) is 1. The lowest BCUT2D eigenvalue weighted by Gasteiger charge is -2.31. The molecule has 0 radical (unpaired) electrons. The lowest BCUT2D eigenvalue weighted by molar-refractivity contribution is -0.129. The SMILES string of the molecule is O=C(NCCc1cccc(Cl)c1)[C@]1(CCS(=O)(=O)c2ccccc2)N=C(c2ccc(OCCCO)cc2)O[C@@H]1c1ccccc1Br. The number of aliphatic hydroxyl groups is 1. The quantitative estimate of drug-likeness (QED) is 0.147. The maximum absolute atomic E-state index is 14.4. The highest BCUT2D eigenvalue weighted by Crippen LogP contribution is 2.45. The van der Waals surface area contributed by atoms with Crippen LogP contribution >= 0.6 is 27.5 Å². The molecule has 2 atom stereocenters. The molecule has 0 spiro atoms. The van der Waals surface area contributed by atoms with E-state index in [2.05, 4.69) is 21.2 Å². The third-order valence-electron chi connectivity index (χ3n) is 7.66. The number of aliphatic imine (C=N–C) groups is 1. The fourth-order valence-corrected chi connectivity index (χ4v) is 7.33. The Kier molecular flexibility index (Phi) is 11.2. The number of carbonyl (C=O) groups is 1. The monoisotopic (exact) mass is 724 g/mol. The van der Waals surface area contributed by atoms with Crippen molar-refractivity contribution in [2.45, 2.75) is 35.8 Å². The summed E-state index contributed by atoms with van der Waals surface area (Å²) in [7, 11) is -3.77. The Bertz CT molecular complexity index is 1790. The van der Waals surface area contributed by atoms with Crippen molar-refractivity contribution in [3.05, 3.63) is 129 Å². The minimum atomic E-state index is -3.77. The lowest BCUT2D eigenvalue weighted by atomic mass is 9.85. The van der Waals surface area contributed by atoms with E-state index in [1.165, 1.54) is 0 Å². The van der Waals surface area contributed by atoms with Gasteiger partial charge >= 0.3 is 0 Å². The van der Waals surface area contributed by atoms with Crippen LogP contribution in [-0.2, 0) is 25.8 Å². The first-order chi connectivity index (χ1) is 22.2. The maximum Gasteiger partial charge on any atom is 0.252 e. The van der Waals surface area contributed by atoms with Crippen LogP contribution in [-0.4, -0.2) is 56.4 Å². The third kappa shape index (κ3) is 7.98. The molecule has 0 unspecified atom stereocenters. The van der Waals surface area contributed by atoms with Crippen LogP contribution in [0, 0.1) is 0 Å². The van der Waals surface area contributed by atoms with Gasteiger partial charge in [-0.3, -0.25) is 4.79 Å². The number of carbonyl (C=O) groups excluding carboxylic acids is 1. The Morgan fingerprint density at radius 2 is 1.74 bits per heavy atom.